The number of nitrogens with zero attached hydrogens (tertiary/aromatic N) is 2. The molecule has 1 aromatic heterocycles. The topological polar surface area (TPSA) is 75.3 Å². The molecule has 0 aliphatic heterocycles. The largest absolute Gasteiger partial charge is 0.483 e. The summed E-state index contributed by atoms with van der Waals surface area (Å²) in [6.45, 7) is 2.12. The van der Waals surface area contributed by atoms with E-state index in [0.717, 1.165) is 0 Å². The third kappa shape index (κ3) is 5.43. The Morgan fingerprint density at radius 3 is 2.67 bits per heavy atom. The average Bonchev–Trinajstić information content (AvgIpc) is 2.40. The predicted octanol–water partition coefficient (Wildman–Crippen LogP) is -0.0353. The molecule has 5 nitrogen and oxygen atoms in total. The zero-order chi connectivity index (χ0) is 9.40. The van der Waals surface area contributed by atoms with Crippen molar-refractivity contribution in [3.05, 3.63) is 18.7 Å². The van der Waals surface area contributed by atoms with Gasteiger partial charge in [0.15, 0.2) is 0 Å². The maximum absolute atomic E-state index is 8.88. The second-order valence-corrected chi connectivity index (χ2v) is 2.21. The summed E-state index contributed by atoms with van der Waals surface area (Å²) in [4.78, 5) is 12.2. The second-order valence-electron chi connectivity index (χ2n) is 2.21. The average molecular weight is 172 g/mol. The minimum absolute atomic E-state index is 0.250. The van der Waals surface area contributed by atoms with Crippen LogP contribution in [0.2, 0.25) is 0 Å². The highest BCUT2D eigenvalue weighted by atomic mass is 16.3. The lowest BCUT2D eigenvalue weighted by molar-refractivity contribution is -0.122. The van der Waals surface area contributed by atoms with E-state index in [1.54, 1.807) is 19.4 Å². The number of aliphatic hydroxyl groups is 1. The highest BCUT2D eigenvalue weighted by Gasteiger charge is 1.94. The molecule has 2 N–H and O–H groups in total. The Hall–Kier alpha value is -1.36. The number of aliphatic hydroxyl groups excluding tert-OH is 1. The molecular weight excluding hydrogens is 160 g/mol. The van der Waals surface area contributed by atoms with Crippen LogP contribution in [0.1, 0.15) is 6.92 Å². The molecule has 68 valence electrons. The van der Waals surface area contributed by atoms with Crippen LogP contribution in [0.3, 0.4) is 0 Å². The van der Waals surface area contributed by atoms with E-state index in [2.05, 4.69) is 4.98 Å². The van der Waals surface area contributed by atoms with Crippen molar-refractivity contribution in [2.45, 2.75) is 19.6 Å². The van der Waals surface area contributed by atoms with Gasteiger partial charge in [-0.15, -0.1) is 0 Å². The third-order valence-electron chi connectivity index (χ3n) is 1.03. The quantitative estimate of drug-likeness (QED) is 0.614. The molecule has 1 aromatic rings. The van der Waals surface area contributed by atoms with Crippen molar-refractivity contribution in [3.63, 3.8) is 0 Å². The van der Waals surface area contributed by atoms with Gasteiger partial charge < -0.3 is 14.8 Å². The summed E-state index contributed by atoms with van der Waals surface area (Å²) in [5, 5.41) is 15.8. The van der Waals surface area contributed by atoms with Crippen molar-refractivity contribution in [3.8, 4) is 0 Å². The summed E-state index contributed by atoms with van der Waals surface area (Å²) in [5.74, 6) is 0. The molecule has 1 unspecified atom stereocenters. The fraction of sp³-hybridized carbons (Fsp3) is 0.429. The SMILES string of the molecule is CC(O)Cn1ccnc1.O=CO. The summed E-state index contributed by atoms with van der Waals surface area (Å²) in [7, 11) is 0. The summed E-state index contributed by atoms with van der Waals surface area (Å²) in [6, 6.07) is 0. The molecule has 0 radical (unpaired) electrons. The lowest BCUT2D eigenvalue weighted by atomic mass is 10.4. The van der Waals surface area contributed by atoms with Gasteiger partial charge in [0.1, 0.15) is 0 Å². The molecule has 0 amide bonds. The Labute approximate surface area is 70.3 Å². The number of aromatic nitrogens is 2. The van der Waals surface area contributed by atoms with Gasteiger partial charge in [0, 0.05) is 18.9 Å². The first-order chi connectivity index (χ1) is 5.70. The molecule has 1 atom stereocenters. The van der Waals surface area contributed by atoms with Crippen LogP contribution in [0.5, 0.6) is 0 Å². The van der Waals surface area contributed by atoms with Crippen LogP contribution in [0.25, 0.3) is 0 Å². The van der Waals surface area contributed by atoms with Gasteiger partial charge in [0.2, 0.25) is 0 Å². The first-order valence-electron chi connectivity index (χ1n) is 3.42. The minimum Gasteiger partial charge on any atom is -0.483 e. The van der Waals surface area contributed by atoms with Gasteiger partial charge in [0.25, 0.3) is 6.47 Å². The smallest absolute Gasteiger partial charge is 0.290 e. The van der Waals surface area contributed by atoms with Crippen LogP contribution >= 0.6 is 0 Å². The van der Waals surface area contributed by atoms with Crippen LogP contribution in [0.4, 0.5) is 0 Å². The standard InChI is InChI=1S/C6H10N2O.CH2O2/c1-6(9)4-8-3-2-7-5-8;2-1-3/h2-3,5-6,9H,4H2,1H3;1H,(H,2,3). The molecule has 0 saturated heterocycles. The molecule has 0 spiro atoms. The van der Waals surface area contributed by atoms with Crippen LogP contribution in [-0.4, -0.2) is 32.3 Å². The molecule has 0 bridgehead atoms. The zero-order valence-electron chi connectivity index (χ0n) is 6.79. The summed E-state index contributed by atoms with van der Waals surface area (Å²) < 4.78 is 1.84. The Morgan fingerprint density at radius 1 is 1.75 bits per heavy atom. The lowest BCUT2D eigenvalue weighted by Gasteiger charge is -2.02. The lowest BCUT2D eigenvalue weighted by Crippen LogP contribution is -2.09. The van der Waals surface area contributed by atoms with Gasteiger partial charge >= 0.3 is 0 Å². The molecule has 1 heterocycles. The third-order valence-corrected chi connectivity index (χ3v) is 1.03. The molecular formula is C7H12N2O3. The first kappa shape index (κ1) is 10.6. The molecule has 12 heavy (non-hydrogen) atoms. The minimum atomic E-state index is -0.292. The molecule has 1 rings (SSSR count). The van der Waals surface area contributed by atoms with E-state index in [9.17, 15) is 0 Å². The highest BCUT2D eigenvalue weighted by molar-refractivity contribution is 5.32. The summed E-state index contributed by atoms with van der Waals surface area (Å²) in [5.41, 5.74) is 0. The maximum Gasteiger partial charge on any atom is 0.290 e. The normalized spacial score (nSPS) is 11.2. The van der Waals surface area contributed by atoms with Crippen molar-refractivity contribution >= 4 is 6.47 Å². The maximum atomic E-state index is 8.88. The van der Waals surface area contributed by atoms with Crippen molar-refractivity contribution in [2.24, 2.45) is 0 Å². The number of hydrogen-bond donors (Lipinski definition) is 2. The van der Waals surface area contributed by atoms with E-state index in [1.807, 2.05) is 10.8 Å². The van der Waals surface area contributed by atoms with Crippen LogP contribution in [0, 0.1) is 0 Å². The Balaban J connectivity index is 0.000000354. The molecule has 5 heteroatoms. The summed E-state index contributed by atoms with van der Waals surface area (Å²) >= 11 is 0. The van der Waals surface area contributed by atoms with Gasteiger partial charge in [0.05, 0.1) is 12.4 Å². The Morgan fingerprint density at radius 2 is 2.33 bits per heavy atom. The number of rotatable bonds is 2. The van der Waals surface area contributed by atoms with Gasteiger partial charge in [-0.1, -0.05) is 0 Å². The van der Waals surface area contributed by atoms with E-state index in [4.69, 9.17) is 15.0 Å². The van der Waals surface area contributed by atoms with Crippen LogP contribution < -0.4 is 0 Å². The fourth-order valence-corrected chi connectivity index (χ4v) is 0.700. The van der Waals surface area contributed by atoms with Crippen molar-refractivity contribution < 1.29 is 15.0 Å². The number of carbonyl (C=O) groups is 1. The van der Waals surface area contributed by atoms with Gasteiger partial charge in [-0.25, -0.2) is 4.98 Å². The molecule has 0 fully saturated rings. The monoisotopic (exact) mass is 172 g/mol. The molecule has 0 aromatic carbocycles. The van der Waals surface area contributed by atoms with E-state index < -0.39 is 0 Å². The summed E-state index contributed by atoms with van der Waals surface area (Å²) in [6.07, 6.45) is 4.92. The second kappa shape index (κ2) is 6.36. The molecule has 0 aliphatic rings. The molecule has 0 aliphatic carbocycles. The van der Waals surface area contributed by atoms with Crippen molar-refractivity contribution in [1.29, 1.82) is 0 Å². The molecule has 0 saturated carbocycles. The van der Waals surface area contributed by atoms with Crippen LogP contribution in [-0.2, 0) is 11.3 Å². The number of carboxylic acid groups (broad SMARTS) is 1. The van der Waals surface area contributed by atoms with Crippen molar-refractivity contribution in [1.82, 2.24) is 9.55 Å². The Kier molecular flexibility index (Phi) is 5.64. The zero-order valence-corrected chi connectivity index (χ0v) is 6.79. The van der Waals surface area contributed by atoms with Gasteiger partial charge in [-0.2, -0.15) is 0 Å². The van der Waals surface area contributed by atoms with E-state index in [0.29, 0.717) is 6.54 Å². The fourth-order valence-electron chi connectivity index (χ4n) is 0.700. The van der Waals surface area contributed by atoms with E-state index in [1.165, 1.54) is 0 Å². The van der Waals surface area contributed by atoms with E-state index in [-0.39, 0.29) is 12.6 Å². The Bertz CT molecular complexity index is 196. The van der Waals surface area contributed by atoms with Gasteiger partial charge in [-0.05, 0) is 6.92 Å². The number of hydrogen-bond acceptors (Lipinski definition) is 3. The first-order valence-corrected chi connectivity index (χ1v) is 3.42. The van der Waals surface area contributed by atoms with Crippen molar-refractivity contribution in [2.75, 3.05) is 0 Å². The van der Waals surface area contributed by atoms with Gasteiger partial charge in [-0.3, -0.25) is 4.79 Å². The number of imidazole rings is 1. The van der Waals surface area contributed by atoms with Crippen LogP contribution in [0.15, 0.2) is 18.7 Å². The van der Waals surface area contributed by atoms with E-state index >= 15 is 0 Å². The predicted molar refractivity (Wildman–Crippen MR) is 42.6 cm³/mol. The highest BCUT2D eigenvalue weighted by Crippen LogP contribution is 1.89.